The largest absolute Gasteiger partial charge is 0.354 e. The van der Waals surface area contributed by atoms with Crippen molar-refractivity contribution in [3.05, 3.63) is 42.5 Å². The Kier molecular flexibility index (Phi) is 5.37. The van der Waals surface area contributed by atoms with Gasteiger partial charge in [-0.2, -0.15) is 0 Å². The summed E-state index contributed by atoms with van der Waals surface area (Å²) < 4.78 is 0. The van der Waals surface area contributed by atoms with E-state index in [1.54, 1.807) is 0 Å². The number of rotatable bonds is 3. The Bertz CT molecular complexity index is 754. The number of hydrogen-bond acceptors (Lipinski definition) is 4. The predicted octanol–water partition coefficient (Wildman–Crippen LogP) is 3.62. The van der Waals surface area contributed by atoms with Crippen molar-refractivity contribution in [1.29, 1.82) is 0 Å². The lowest BCUT2D eigenvalue weighted by Gasteiger charge is -2.37. The Morgan fingerprint density at radius 1 is 0.963 bits per heavy atom. The highest BCUT2D eigenvalue weighted by molar-refractivity contribution is 5.80. The molecular formula is C22H28N4O. The molecule has 142 valence electrons. The third kappa shape index (κ3) is 4.12. The van der Waals surface area contributed by atoms with E-state index in [0.29, 0.717) is 5.91 Å². The van der Waals surface area contributed by atoms with E-state index in [-0.39, 0.29) is 5.92 Å². The van der Waals surface area contributed by atoms with Gasteiger partial charge in [0.25, 0.3) is 0 Å². The number of anilines is 1. The highest BCUT2D eigenvalue weighted by Gasteiger charge is 2.31. The summed E-state index contributed by atoms with van der Waals surface area (Å²) in [6.45, 7) is 5.82. The van der Waals surface area contributed by atoms with Crippen molar-refractivity contribution in [3.63, 3.8) is 0 Å². The monoisotopic (exact) mass is 364 g/mol. The molecule has 1 aromatic carbocycles. The van der Waals surface area contributed by atoms with Gasteiger partial charge in [0.05, 0.1) is 11.6 Å². The molecule has 2 saturated heterocycles. The molecule has 0 bridgehead atoms. The van der Waals surface area contributed by atoms with Gasteiger partial charge in [0.15, 0.2) is 5.82 Å². The van der Waals surface area contributed by atoms with E-state index in [1.807, 2.05) is 42.5 Å². The Hall–Kier alpha value is -2.43. The van der Waals surface area contributed by atoms with Crippen LogP contribution in [0.15, 0.2) is 42.5 Å². The van der Waals surface area contributed by atoms with Crippen LogP contribution in [0.2, 0.25) is 0 Å². The van der Waals surface area contributed by atoms with E-state index in [2.05, 4.69) is 26.9 Å². The maximum absolute atomic E-state index is 12.9. The van der Waals surface area contributed by atoms with Gasteiger partial charge >= 0.3 is 0 Å². The summed E-state index contributed by atoms with van der Waals surface area (Å²) in [6.07, 6.45) is 4.28. The van der Waals surface area contributed by atoms with Crippen LogP contribution in [0.5, 0.6) is 0 Å². The quantitative estimate of drug-likeness (QED) is 0.835. The smallest absolute Gasteiger partial charge is 0.227 e. The molecule has 2 aromatic rings. The molecule has 0 aliphatic carbocycles. The van der Waals surface area contributed by atoms with E-state index in [1.165, 1.54) is 0 Å². The molecule has 3 heterocycles. The van der Waals surface area contributed by atoms with Gasteiger partial charge in [-0.15, -0.1) is 10.2 Å². The maximum atomic E-state index is 12.9. The molecule has 0 saturated carbocycles. The SMILES string of the molecule is CC1CCN(C(=O)[C@H]2CCCN(c3ccc(-c4ccccc4)nn3)C2)CC1. The average Bonchev–Trinajstić information content (AvgIpc) is 2.75. The Morgan fingerprint density at radius 2 is 1.74 bits per heavy atom. The van der Waals surface area contributed by atoms with Crippen LogP contribution in [0.3, 0.4) is 0 Å². The Labute approximate surface area is 161 Å². The molecule has 1 atom stereocenters. The first kappa shape index (κ1) is 18.0. The topological polar surface area (TPSA) is 49.3 Å². The zero-order chi connectivity index (χ0) is 18.6. The lowest BCUT2D eigenvalue weighted by molar-refractivity contribution is -0.137. The first-order chi connectivity index (χ1) is 13.2. The van der Waals surface area contributed by atoms with Crippen molar-refractivity contribution in [2.75, 3.05) is 31.1 Å². The summed E-state index contributed by atoms with van der Waals surface area (Å²) in [4.78, 5) is 17.2. The normalized spacial score (nSPS) is 21.3. The van der Waals surface area contributed by atoms with Crippen molar-refractivity contribution in [2.24, 2.45) is 11.8 Å². The lowest BCUT2D eigenvalue weighted by Crippen LogP contribution is -2.47. The van der Waals surface area contributed by atoms with Crippen LogP contribution < -0.4 is 4.90 Å². The van der Waals surface area contributed by atoms with Gasteiger partial charge < -0.3 is 9.80 Å². The average molecular weight is 364 g/mol. The molecule has 0 spiro atoms. The van der Waals surface area contributed by atoms with E-state index in [0.717, 1.165) is 74.9 Å². The van der Waals surface area contributed by atoms with Crippen molar-refractivity contribution in [1.82, 2.24) is 15.1 Å². The van der Waals surface area contributed by atoms with Gasteiger partial charge in [0.1, 0.15) is 0 Å². The molecule has 4 rings (SSSR count). The fourth-order valence-electron chi connectivity index (χ4n) is 4.13. The highest BCUT2D eigenvalue weighted by atomic mass is 16.2. The zero-order valence-corrected chi connectivity index (χ0v) is 16.1. The third-order valence-electron chi connectivity index (χ3n) is 5.91. The van der Waals surface area contributed by atoms with Crippen LogP contribution in [-0.2, 0) is 4.79 Å². The predicted molar refractivity (Wildman–Crippen MR) is 107 cm³/mol. The summed E-state index contributed by atoms with van der Waals surface area (Å²) >= 11 is 0. The van der Waals surface area contributed by atoms with Gasteiger partial charge in [0.2, 0.25) is 5.91 Å². The van der Waals surface area contributed by atoms with Crippen LogP contribution >= 0.6 is 0 Å². The lowest BCUT2D eigenvalue weighted by atomic mass is 9.93. The fraction of sp³-hybridized carbons (Fsp3) is 0.500. The van der Waals surface area contributed by atoms with Gasteiger partial charge in [-0.3, -0.25) is 4.79 Å². The Balaban J connectivity index is 1.41. The van der Waals surface area contributed by atoms with Crippen molar-refractivity contribution in [2.45, 2.75) is 32.6 Å². The zero-order valence-electron chi connectivity index (χ0n) is 16.1. The molecule has 1 aromatic heterocycles. The second kappa shape index (κ2) is 8.07. The number of carbonyl (C=O) groups is 1. The number of hydrogen-bond donors (Lipinski definition) is 0. The molecule has 2 aliphatic heterocycles. The minimum atomic E-state index is 0.0859. The molecule has 2 aliphatic rings. The number of likely N-dealkylation sites (tertiary alicyclic amines) is 1. The number of carbonyl (C=O) groups excluding carboxylic acids is 1. The summed E-state index contributed by atoms with van der Waals surface area (Å²) in [5.41, 5.74) is 1.95. The van der Waals surface area contributed by atoms with Gasteiger partial charge in [-0.25, -0.2) is 0 Å². The second-order valence-corrected chi connectivity index (χ2v) is 7.94. The molecule has 5 nitrogen and oxygen atoms in total. The third-order valence-corrected chi connectivity index (χ3v) is 5.91. The van der Waals surface area contributed by atoms with Crippen LogP contribution in [0.1, 0.15) is 32.6 Å². The molecule has 0 radical (unpaired) electrons. The highest BCUT2D eigenvalue weighted by Crippen LogP contribution is 2.26. The Morgan fingerprint density at radius 3 is 2.44 bits per heavy atom. The van der Waals surface area contributed by atoms with Gasteiger partial charge in [0, 0.05) is 31.7 Å². The number of benzene rings is 1. The second-order valence-electron chi connectivity index (χ2n) is 7.94. The van der Waals surface area contributed by atoms with E-state index in [9.17, 15) is 4.79 Å². The molecule has 5 heteroatoms. The van der Waals surface area contributed by atoms with Crippen LogP contribution in [0.25, 0.3) is 11.3 Å². The van der Waals surface area contributed by atoms with Crippen LogP contribution in [-0.4, -0.2) is 47.2 Å². The molecule has 0 N–H and O–H groups in total. The van der Waals surface area contributed by atoms with E-state index >= 15 is 0 Å². The van der Waals surface area contributed by atoms with Crippen LogP contribution in [0, 0.1) is 11.8 Å². The molecule has 27 heavy (non-hydrogen) atoms. The molecule has 2 fully saturated rings. The first-order valence-electron chi connectivity index (χ1n) is 10.1. The maximum Gasteiger partial charge on any atom is 0.227 e. The fourth-order valence-corrected chi connectivity index (χ4v) is 4.13. The van der Waals surface area contributed by atoms with E-state index < -0.39 is 0 Å². The standard InChI is InChI=1S/C22H28N4O/c1-17-11-14-25(15-12-17)22(27)19-8-5-13-26(16-19)21-10-9-20(23-24-21)18-6-3-2-4-7-18/h2-4,6-7,9-10,17,19H,5,8,11-16H2,1H3/t19-/m0/s1. The summed E-state index contributed by atoms with van der Waals surface area (Å²) in [6, 6.07) is 14.1. The molecular weight excluding hydrogens is 336 g/mol. The summed E-state index contributed by atoms with van der Waals surface area (Å²) in [5, 5.41) is 8.85. The number of nitrogens with zero attached hydrogens (tertiary/aromatic N) is 4. The molecule has 0 unspecified atom stereocenters. The minimum absolute atomic E-state index is 0.0859. The van der Waals surface area contributed by atoms with Gasteiger partial charge in [-0.1, -0.05) is 37.3 Å². The van der Waals surface area contributed by atoms with Crippen molar-refractivity contribution in [3.8, 4) is 11.3 Å². The van der Waals surface area contributed by atoms with Crippen molar-refractivity contribution >= 4 is 11.7 Å². The summed E-state index contributed by atoms with van der Waals surface area (Å²) in [5.74, 6) is 2.04. The van der Waals surface area contributed by atoms with Gasteiger partial charge in [-0.05, 0) is 43.7 Å². The number of aromatic nitrogens is 2. The summed E-state index contributed by atoms with van der Waals surface area (Å²) in [7, 11) is 0. The number of piperidine rings is 2. The molecule has 1 amide bonds. The first-order valence-corrected chi connectivity index (χ1v) is 10.1. The van der Waals surface area contributed by atoms with Crippen LogP contribution in [0.4, 0.5) is 5.82 Å². The van der Waals surface area contributed by atoms with Crippen molar-refractivity contribution < 1.29 is 4.79 Å². The number of amides is 1. The minimum Gasteiger partial charge on any atom is -0.354 e. The van der Waals surface area contributed by atoms with E-state index in [4.69, 9.17) is 0 Å².